The fourth-order valence-electron chi connectivity index (χ4n) is 3.87. The number of carbonyl (C=O) groups is 1. The summed E-state index contributed by atoms with van der Waals surface area (Å²) in [6.07, 6.45) is 3.27. The van der Waals surface area contributed by atoms with Crippen molar-refractivity contribution in [2.24, 2.45) is 0 Å². The van der Waals surface area contributed by atoms with Gasteiger partial charge >= 0.3 is 5.97 Å². The van der Waals surface area contributed by atoms with E-state index >= 15 is 0 Å². The lowest BCUT2D eigenvalue weighted by molar-refractivity contribution is -0.929. The molecule has 11 nitrogen and oxygen atoms in total. The average molecular weight is 564 g/mol. The SMILES string of the molecule is C[SiH](C)CCC[N+](CCCCS(=O)(=O)[O-])(CCCCS(=O)(=O)O)CCOCCOCCCC(=O)O. The molecule has 0 aliphatic carbocycles. The first kappa shape index (κ1) is 34.4. The van der Waals surface area contributed by atoms with Gasteiger partial charge in [0.15, 0.2) is 0 Å². The summed E-state index contributed by atoms with van der Waals surface area (Å²) in [5, 5.41) is 8.62. The van der Waals surface area contributed by atoms with E-state index < -0.39 is 40.8 Å². The first-order valence-electron chi connectivity index (χ1n) is 12.4. The molecule has 0 fully saturated rings. The summed E-state index contributed by atoms with van der Waals surface area (Å²) in [4.78, 5) is 10.5. The molecule has 14 heteroatoms. The van der Waals surface area contributed by atoms with E-state index in [-0.39, 0.29) is 18.6 Å². The van der Waals surface area contributed by atoms with Crippen LogP contribution >= 0.6 is 0 Å². The maximum atomic E-state index is 11.1. The van der Waals surface area contributed by atoms with Gasteiger partial charge in [0, 0.05) is 27.6 Å². The van der Waals surface area contributed by atoms with Crippen LogP contribution in [0.5, 0.6) is 0 Å². The summed E-state index contributed by atoms with van der Waals surface area (Å²) >= 11 is 0. The Bertz CT molecular complexity index is 735. The van der Waals surface area contributed by atoms with Crippen LogP contribution in [0, 0.1) is 0 Å². The fraction of sp³-hybridized carbons (Fsp3) is 0.952. The Kier molecular flexibility index (Phi) is 18.3. The van der Waals surface area contributed by atoms with Gasteiger partial charge in [-0.2, -0.15) is 8.42 Å². The van der Waals surface area contributed by atoms with Crippen LogP contribution < -0.4 is 0 Å². The van der Waals surface area contributed by atoms with E-state index in [2.05, 4.69) is 13.1 Å². The number of hydrogen-bond donors (Lipinski definition) is 2. The molecule has 0 aromatic carbocycles. The highest BCUT2D eigenvalue weighted by molar-refractivity contribution is 7.85. The van der Waals surface area contributed by atoms with Crippen LogP contribution in [0.3, 0.4) is 0 Å². The smallest absolute Gasteiger partial charge is 0.303 e. The van der Waals surface area contributed by atoms with Crippen LogP contribution in [-0.2, 0) is 34.5 Å². The van der Waals surface area contributed by atoms with Crippen molar-refractivity contribution in [1.82, 2.24) is 0 Å². The molecule has 0 amide bonds. The van der Waals surface area contributed by atoms with Gasteiger partial charge in [0.05, 0.1) is 55.3 Å². The van der Waals surface area contributed by atoms with Crippen LogP contribution in [-0.4, -0.2) is 114 Å². The van der Waals surface area contributed by atoms with Gasteiger partial charge in [0.25, 0.3) is 10.1 Å². The van der Waals surface area contributed by atoms with E-state index in [1.165, 1.54) is 0 Å². The highest BCUT2D eigenvalue weighted by Gasteiger charge is 2.27. The minimum atomic E-state index is -4.26. The number of carboxylic acid groups (broad SMARTS) is 1. The number of aliphatic carboxylic acids is 1. The molecule has 2 N–H and O–H groups in total. The third-order valence-corrected chi connectivity index (χ3v) is 8.89. The van der Waals surface area contributed by atoms with Gasteiger partial charge in [-0.05, 0) is 38.5 Å². The van der Waals surface area contributed by atoms with Crippen molar-refractivity contribution in [3.8, 4) is 0 Å². The predicted molar refractivity (Wildman–Crippen MR) is 136 cm³/mol. The number of ether oxygens (including phenoxy) is 2. The maximum absolute atomic E-state index is 11.1. The molecule has 0 aliphatic rings. The Morgan fingerprint density at radius 2 is 1.34 bits per heavy atom. The quantitative estimate of drug-likeness (QED) is 0.0761. The van der Waals surface area contributed by atoms with Crippen LogP contribution in [0.4, 0.5) is 0 Å². The lowest BCUT2D eigenvalue weighted by Crippen LogP contribution is -2.52. The Balaban J connectivity index is 4.90. The summed E-state index contributed by atoms with van der Waals surface area (Å²) in [6, 6.07) is 1.16. The molecular weight excluding hydrogens is 518 g/mol. The first-order chi connectivity index (χ1) is 16.2. The second-order valence-electron chi connectivity index (χ2n) is 9.46. The van der Waals surface area contributed by atoms with Gasteiger partial charge < -0.3 is 23.6 Å². The van der Waals surface area contributed by atoms with Crippen molar-refractivity contribution in [3.63, 3.8) is 0 Å². The Labute approximate surface area is 212 Å². The number of unbranched alkanes of at least 4 members (excludes halogenated alkanes) is 2. The van der Waals surface area contributed by atoms with Gasteiger partial charge in [-0.3, -0.25) is 9.35 Å². The van der Waals surface area contributed by atoms with E-state index in [0.717, 1.165) is 19.0 Å². The molecule has 0 rings (SSSR count). The Morgan fingerprint density at radius 3 is 1.86 bits per heavy atom. The van der Waals surface area contributed by atoms with E-state index in [1.807, 2.05) is 0 Å². The summed E-state index contributed by atoms with van der Waals surface area (Å²) < 4.78 is 75.9. The molecule has 1 unspecified atom stereocenters. The summed E-state index contributed by atoms with van der Waals surface area (Å²) in [7, 11) is -9.04. The van der Waals surface area contributed by atoms with Gasteiger partial charge in [-0.15, -0.1) is 0 Å². The van der Waals surface area contributed by atoms with Crippen molar-refractivity contribution in [1.29, 1.82) is 0 Å². The summed E-state index contributed by atoms with van der Waals surface area (Å²) in [5.41, 5.74) is 0. The third kappa shape index (κ3) is 23.5. The lowest BCUT2D eigenvalue weighted by Gasteiger charge is -2.39. The molecule has 0 radical (unpaired) electrons. The van der Waals surface area contributed by atoms with Gasteiger partial charge in [0.2, 0.25) is 0 Å². The highest BCUT2D eigenvalue weighted by Crippen LogP contribution is 2.16. The van der Waals surface area contributed by atoms with Gasteiger partial charge in [-0.25, -0.2) is 8.42 Å². The highest BCUT2D eigenvalue weighted by atomic mass is 32.2. The van der Waals surface area contributed by atoms with Crippen molar-refractivity contribution < 1.29 is 49.8 Å². The van der Waals surface area contributed by atoms with Gasteiger partial charge in [0.1, 0.15) is 6.54 Å². The zero-order chi connectivity index (χ0) is 26.8. The molecular formula is C21H45NO10S2Si. The molecule has 0 aliphatic heterocycles. The summed E-state index contributed by atoms with van der Waals surface area (Å²) in [5.74, 6) is -1.55. The van der Waals surface area contributed by atoms with Crippen LogP contribution in [0.1, 0.15) is 44.9 Å². The normalized spacial score (nSPS) is 14.3. The van der Waals surface area contributed by atoms with Crippen LogP contribution in [0.2, 0.25) is 19.1 Å². The molecule has 0 heterocycles. The molecule has 0 bridgehead atoms. The predicted octanol–water partition coefficient (Wildman–Crippen LogP) is 1.57. The first-order valence-corrected chi connectivity index (χ1v) is 18.7. The maximum Gasteiger partial charge on any atom is 0.303 e. The average Bonchev–Trinajstić information content (AvgIpc) is 2.71. The lowest BCUT2D eigenvalue weighted by atomic mass is 10.2. The van der Waals surface area contributed by atoms with E-state index in [1.54, 1.807) is 0 Å². The van der Waals surface area contributed by atoms with Crippen LogP contribution in [0.15, 0.2) is 0 Å². The van der Waals surface area contributed by atoms with Crippen LogP contribution in [0.25, 0.3) is 0 Å². The van der Waals surface area contributed by atoms with Crippen molar-refractivity contribution in [3.05, 3.63) is 0 Å². The third-order valence-electron chi connectivity index (χ3n) is 5.74. The number of nitrogens with zero attached hydrogens (tertiary/aromatic N) is 1. The van der Waals surface area contributed by atoms with Gasteiger partial charge in [-0.1, -0.05) is 19.1 Å². The molecule has 0 aromatic rings. The number of rotatable bonds is 24. The second kappa shape index (κ2) is 18.6. The monoisotopic (exact) mass is 563 g/mol. The topological polar surface area (TPSA) is 167 Å². The molecule has 0 saturated carbocycles. The molecule has 1 atom stereocenters. The number of carboxylic acids is 1. The van der Waals surface area contributed by atoms with Crippen molar-refractivity contribution in [2.75, 3.05) is 64.1 Å². The largest absolute Gasteiger partial charge is 0.748 e. The second-order valence-corrected chi connectivity index (χ2v) is 15.9. The fourth-order valence-corrected chi connectivity index (χ4v) is 5.99. The zero-order valence-corrected chi connectivity index (χ0v) is 24.0. The molecule has 210 valence electrons. The van der Waals surface area contributed by atoms with Crippen molar-refractivity contribution >= 4 is 35.0 Å². The summed E-state index contributed by atoms with van der Waals surface area (Å²) in [6.45, 7) is 8.92. The Morgan fingerprint density at radius 1 is 0.800 bits per heavy atom. The van der Waals surface area contributed by atoms with E-state index in [4.69, 9.17) is 19.1 Å². The molecule has 0 spiro atoms. The minimum absolute atomic E-state index is 0.0608. The minimum Gasteiger partial charge on any atom is -0.748 e. The molecule has 0 aromatic heterocycles. The van der Waals surface area contributed by atoms with Crippen molar-refractivity contribution in [2.45, 2.75) is 64.1 Å². The molecule has 0 saturated heterocycles. The van der Waals surface area contributed by atoms with E-state index in [9.17, 15) is 26.2 Å². The van der Waals surface area contributed by atoms with E-state index in [0.29, 0.717) is 76.2 Å². The zero-order valence-electron chi connectivity index (χ0n) is 21.2. The Hall–Kier alpha value is -0.613. The molecule has 35 heavy (non-hydrogen) atoms. The number of quaternary nitrogens is 1. The number of hydrogen-bond acceptors (Lipinski definition) is 8. The standard InChI is InChI=1S/C21H45NO10S2Si/c1-35(2)20-8-12-22(10-3-5-18-33(25,26)27,11-4-6-19-34(28,29)30)13-15-32-17-16-31-14-7-9-21(23)24/h35H,3-20H2,1-2H3,(H2-,23,24,25,26,27,28,29,30).